The van der Waals surface area contributed by atoms with E-state index in [1.807, 2.05) is 13.0 Å². The number of rotatable bonds is 6. The largest absolute Gasteiger partial charge is 0.573 e. The number of aromatic nitrogens is 2. The SMILES string of the molecule is Cc1nc(Nc2ccc(NC(=O)c3cccc(OC(F)(F)F)c3)cc2)cc(N2CCCC2)n1. The Morgan fingerprint density at radius 2 is 1.70 bits per heavy atom. The molecular formula is C23H22F3N5O2. The van der Waals surface area contributed by atoms with Gasteiger partial charge in [-0.1, -0.05) is 6.07 Å². The Kier molecular flexibility index (Phi) is 6.34. The van der Waals surface area contributed by atoms with Crippen LogP contribution in [0.3, 0.4) is 0 Å². The summed E-state index contributed by atoms with van der Waals surface area (Å²) in [4.78, 5) is 23.6. The molecule has 2 aromatic carbocycles. The molecule has 0 unspecified atom stereocenters. The van der Waals surface area contributed by atoms with Gasteiger partial charge in [-0.3, -0.25) is 4.79 Å². The van der Waals surface area contributed by atoms with Gasteiger partial charge < -0.3 is 20.3 Å². The number of hydrogen-bond donors (Lipinski definition) is 2. The van der Waals surface area contributed by atoms with Crippen molar-refractivity contribution >= 4 is 28.9 Å². The number of hydrogen-bond acceptors (Lipinski definition) is 6. The average Bonchev–Trinajstić information content (AvgIpc) is 3.29. The number of nitrogens with one attached hydrogen (secondary N) is 2. The van der Waals surface area contributed by atoms with Crippen LogP contribution in [0.2, 0.25) is 0 Å². The lowest BCUT2D eigenvalue weighted by Crippen LogP contribution is -2.19. The molecule has 1 aliphatic rings. The van der Waals surface area contributed by atoms with Gasteiger partial charge in [0.1, 0.15) is 23.2 Å². The van der Waals surface area contributed by atoms with Gasteiger partial charge in [0.15, 0.2) is 0 Å². The summed E-state index contributed by atoms with van der Waals surface area (Å²) in [7, 11) is 0. The van der Waals surface area contributed by atoms with Gasteiger partial charge in [-0.05, 0) is 62.2 Å². The molecule has 0 bridgehead atoms. The van der Waals surface area contributed by atoms with Crippen molar-refractivity contribution in [2.24, 2.45) is 0 Å². The monoisotopic (exact) mass is 457 g/mol. The lowest BCUT2D eigenvalue weighted by molar-refractivity contribution is -0.274. The Morgan fingerprint density at radius 3 is 2.39 bits per heavy atom. The Bertz CT molecular complexity index is 1130. The summed E-state index contributed by atoms with van der Waals surface area (Å²) in [6, 6.07) is 13.7. The lowest BCUT2D eigenvalue weighted by Gasteiger charge is -2.18. The molecule has 1 aromatic heterocycles. The van der Waals surface area contributed by atoms with Gasteiger partial charge in [-0.25, -0.2) is 9.97 Å². The van der Waals surface area contributed by atoms with Gasteiger partial charge >= 0.3 is 6.36 Å². The first kappa shape index (κ1) is 22.4. The van der Waals surface area contributed by atoms with Crippen molar-refractivity contribution in [3.63, 3.8) is 0 Å². The fourth-order valence-corrected chi connectivity index (χ4v) is 3.55. The lowest BCUT2D eigenvalue weighted by atomic mass is 10.2. The molecule has 3 aromatic rings. The summed E-state index contributed by atoms with van der Waals surface area (Å²) in [5.74, 6) is 1.22. The minimum absolute atomic E-state index is 0.0462. The summed E-state index contributed by atoms with van der Waals surface area (Å²) in [5.41, 5.74) is 1.30. The van der Waals surface area contributed by atoms with Crippen LogP contribution in [0.5, 0.6) is 5.75 Å². The van der Waals surface area contributed by atoms with E-state index in [1.54, 1.807) is 24.3 Å². The van der Waals surface area contributed by atoms with Crippen molar-refractivity contribution in [2.45, 2.75) is 26.1 Å². The molecule has 4 rings (SSSR count). The van der Waals surface area contributed by atoms with E-state index >= 15 is 0 Å². The first-order valence-electron chi connectivity index (χ1n) is 10.4. The maximum Gasteiger partial charge on any atom is 0.573 e. The Labute approximate surface area is 188 Å². The molecule has 0 spiro atoms. The van der Waals surface area contributed by atoms with Crippen molar-refractivity contribution in [3.05, 3.63) is 66.0 Å². The normalized spacial score (nSPS) is 13.6. The molecule has 172 valence electrons. The second-order valence-corrected chi connectivity index (χ2v) is 7.58. The van der Waals surface area contributed by atoms with Crippen LogP contribution in [0.4, 0.5) is 36.2 Å². The Balaban J connectivity index is 1.41. The highest BCUT2D eigenvalue weighted by Gasteiger charge is 2.31. The molecule has 0 aliphatic carbocycles. The zero-order valence-electron chi connectivity index (χ0n) is 17.8. The minimum atomic E-state index is -4.82. The molecular weight excluding hydrogens is 435 g/mol. The van der Waals surface area contributed by atoms with E-state index in [4.69, 9.17) is 0 Å². The molecule has 2 heterocycles. The fourth-order valence-electron chi connectivity index (χ4n) is 3.55. The molecule has 0 saturated carbocycles. The second kappa shape index (κ2) is 9.35. The summed E-state index contributed by atoms with van der Waals surface area (Å²) in [6.07, 6.45) is -2.52. The van der Waals surface area contributed by atoms with Crippen LogP contribution < -0.4 is 20.3 Å². The van der Waals surface area contributed by atoms with Crippen LogP contribution >= 0.6 is 0 Å². The summed E-state index contributed by atoms with van der Waals surface area (Å²) < 4.78 is 41.1. The molecule has 0 radical (unpaired) electrons. The molecule has 1 saturated heterocycles. The number of anilines is 4. The minimum Gasteiger partial charge on any atom is -0.406 e. The van der Waals surface area contributed by atoms with Gasteiger partial charge in [0.2, 0.25) is 0 Å². The van der Waals surface area contributed by atoms with Crippen molar-refractivity contribution in [1.82, 2.24) is 9.97 Å². The molecule has 1 amide bonds. The number of ether oxygens (including phenoxy) is 1. The predicted octanol–water partition coefficient (Wildman–Crippen LogP) is 5.28. The van der Waals surface area contributed by atoms with E-state index < -0.39 is 18.0 Å². The van der Waals surface area contributed by atoms with Gasteiger partial charge in [-0.2, -0.15) is 0 Å². The number of benzene rings is 2. The Morgan fingerprint density at radius 1 is 1.00 bits per heavy atom. The van der Waals surface area contributed by atoms with Crippen LogP contribution in [-0.2, 0) is 0 Å². The standard InChI is InChI=1S/C23H22F3N5O2/c1-15-27-20(14-21(28-15)31-11-2-3-12-31)29-17-7-9-18(10-8-17)30-22(32)16-5-4-6-19(13-16)33-23(24,25)26/h4-10,13-14H,2-3,11-12H2,1H3,(H,30,32)(H,27,28,29). The topological polar surface area (TPSA) is 79.4 Å². The van der Waals surface area contributed by atoms with E-state index in [0.717, 1.165) is 49.6 Å². The van der Waals surface area contributed by atoms with Crippen molar-refractivity contribution < 1.29 is 22.7 Å². The molecule has 10 heteroatoms. The van der Waals surface area contributed by atoms with E-state index in [1.165, 1.54) is 12.1 Å². The second-order valence-electron chi connectivity index (χ2n) is 7.58. The van der Waals surface area contributed by atoms with E-state index in [2.05, 4.69) is 30.2 Å². The third-order valence-electron chi connectivity index (χ3n) is 5.00. The average molecular weight is 457 g/mol. The van der Waals surface area contributed by atoms with E-state index in [9.17, 15) is 18.0 Å². The van der Waals surface area contributed by atoms with Crippen molar-refractivity contribution in [1.29, 1.82) is 0 Å². The third-order valence-corrected chi connectivity index (χ3v) is 5.00. The summed E-state index contributed by atoms with van der Waals surface area (Å²) in [6.45, 7) is 3.81. The quantitative estimate of drug-likeness (QED) is 0.524. The molecule has 1 fully saturated rings. The summed E-state index contributed by atoms with van der Waals surface area (Å²) >= 11 is 0. The first-order valence-corrected chi connectivity index (χ1v) is 10.4. The third kappa shape index (κ3) is 6.12. The molecule has 0 atom stereocenters. The number of amides is 1. The number of nitrogens with zero attached hydrogens (tertiary/aromatic N) is 3. The van der Waals surface area contributed by atoms with E-state index in [0.29, 0.717) is 17.3 Å². The molecule has 1 aliphatic heterocycles. The zero-order valence-corrected chi connectivity index (χ0v) is 17.8. The van der Waals surface area contributed by atoms with Crippen LogP contribution in [0.1, 0.15) is 29.0 Å². The smallest absolute Gasteiger partial charge is 0.406 e. The highest BCUT2D eigenvalue weighted by molar-refractivity contribution is 6.04. The number of alkyl halides is 3. The maximum absolute atomic E-state index is 12.4. The molecule has 33 heavy (non-hydrogen) atoms. The van der Waals surface area contributed by atoms with Crippen molar-refractivity contribution in [2.75, 3.05) is 28.6 Å². The van der Waals surface area contributed by atoms with E-state index in [-0.39, 0.29) is 5.56 Å². The first-order chi connectivity index (χ1) is 15.7. The van der Waals surface area contributed by atoms with Crippen LogP contribution in [0.15, 0.2) is 54.6 Å². The van der Waals surface area contributed by atoms with Gasteiger partial charge in [-0.15, -0.1) is 13.2 Å². The molecule has 7 nitrogen and oxygen atoms in total. The number of aryl methyl sites for hydroxylation is 1. The highest BCUT2D eigenvalue weighted by Crippen LogP contribution is 2.25. The number of halogens is 3. The van der Waals surface area contributed by atoms with Crippen molar-refractivity contribution in [3.8, 4) is 5.75 Å². The fraction of sp³-hybridized carbons (Fsp3) is 0.261. The van der Waals surface area contributed by atoms with Gasteiger partial charge in [0.25, 0.3) is 5.91 Å². The number of carbonyl (C=O) groups excluding carboxylic acids is 1. The maximum atomic E-state index is 12.4. The van der Waals surface area contributed by atoms with Gasteiger partial charge in [0.05, 0.1) is 0 Å². The molecule has 2 N–H and O–H groups in total. The van der Waals surface area contributed by atoms with Crippen LogP contribution in [0.25, 0.3) is 0 Å². The summed E-state index contributed by atoms with van der Waals surface area (Å²) in [5, 5.41) is 5.90. The Hall–Kier alpha value is -3.82. The van der Waals surface area contributed by atoms with Crippen LogP contribution in [0, 0.1) is 6.92 Å². The predicted molar refractivity (Wildman–Crippen MR) is 119 cm³/mol. The van der Waals surface area contributed by atoms with Crippen LogP contribution in [-0.4, -0.2) is 35.3 Å². The highest BCUT2D eigenvalue weighted by atomic mass is 19.4. The van der Waals surface area contributed by atoms with Gasteiger partial charge in [0, 0.05) is 36.1 Å². The number of carbonyl (C=O) groups is 1. The zero-order chi connectivity index (χ0) is 23.4.